The van der Waals surface area contributed by atoms with Gasteiger partial charge in [0.25, 0.3) is 20.2 Å². The largest absolute Gasteiger partial charge is 0.481 e. The van der Waals surface area contributed by atoms with Gasteiger partial charge in [0, 0.05) is 17.2 Å². The van der Waals surface area contributed by atoms with Crippen LogP contribution in [0.5, 0.6) is 0 Å². The van der Waals surface area contributed by atoms with Crippen LogP contribution in [0.25, 0.3) is 10.8 Å². The van der Waals surface area contributed by atoms with Crippen LogP contribution in [0, 0.1) is 0 Å². The maximum atomic E-state index is 11.2. The Morgan fingerprint density at radius 2 is 1.24 bits per heavy atom. The number of carboxylic acids is 2. The van der Waals surface area contributed by atoms with E-state index < -0.39 is 48.0 Å². The molecular weight excluding hydrogens is 454 g/mol. The SMILES string of the molecule is Cl.NC(CCC(=O)O)C(=O)O.O=S(=O)(O)c1cccc2c(S(=O)(=O)O)cccc12. The lowest BCUT2D eigenvalue weighted by Gasteiger charge is -2.06. The van der Waals surface area contributed by atoms with Crippen LogP contribution in [0.3, 0.4) is 0 Å². The van der Waals surface area contributed by atoms with Gasteiger partial charge in [0.05, 0.1) is 0 Å². The van der Waals surface area contributed by atoms with Crippen molar-refractivity contribution in [2.24, 2.45) is 5.73 Å². The molecule has 0 saturated carbocycles. The molecule has 0 aromatic heterocycles. The van der Waals surface area contributed by atoms with E-state index in [1.165, 1.54) is 24.3 Å². The summed E-state index contributed by atoms with van der Waals surface area (Å²) in [5.74, 6) is -2.20. The first kappa shape index (κ1) is 26.7. The van der Waals surface area contributed by atoms with Gasteiger partial charge in [-0.2, -0.15) is 16.8 Å². The number of carbonyl (C=O) groups is 2. The van der Waals surface area contributed by atoms with Gasteiger partial charge < -0.3 is 15.9 Å². The van der Waals surface area contributed by atoms with Gasteiger partial charge in [0.2, 0.25) is 0 Å². The zero-order valence-electron chi connectivity index (χ0n) is 14.5. The van der Waals surface area contributed by atoms with Crippen molar-refractivity contribution < 1.29 is 45.7 Å². The van der Waals surface area contributed by atoms with Crippen LogP contribution in [0.4, 0.5) is 0 Å². The molecule has 0 amide bonds. The van der Waals surface area contributed by atoms with Gasteiger partial charge in [0.1, 0.15) is 15.8 Å². The van der Waals surface area contributed by atoms with Crippen molar-refractivity contribution in [3.05, 3.63) is 36.4 Å². The van der Waals surface area contributed by atoms with E-state index in [0.29, 0.717) is 0 Å². The number of benzene rings is 2. The molecule has 2 rings (SSSR count). The quantitative estimate of drug-likeness (QED) is 0.375. The average Bonchev–Trinajstić information content (AvgIpc) is 2.57. The topological polar surface area (TPSA) is 209 Å². The van der Waals surface area contributed by atoms with Gasteiger partial charge in [0.15, 0.2) is 0 Å². The van der Waals surface area contributed by atoms with E-state index in [0.717, 1.165) is 12.1 Å². The second-order valence-electron chi connectivity index (χ2n) is 5.43. The molecule has 0 aliphatic rings. The number of aliphatic carboxylic acids is 2. The van der Waals surface area contributed by atoms with Gasteiger partial charge >= 0.3 is 11.9 Å². The van der Waals surface area contributed by atoms with Crippen LogP contribution in [0.2, 0.25) is 0 Å². The summed E-state index contributed by atoms with van der Waals surface area (Å²) < 4.78 is 62.7. The highest BCUT2D eigenvalue weighted by Gasteiger charge is 2.19. The Bertz CT molecular complexity index is 1030. The van der Waals surface area contributed by atoms with Gasteiger partial charge in [-0.1, -0.05) is 24.3 Å². The standard InChI is InChI=1S/C10H8O6S2.C5H9NO4.ClH/c11-17(12,13)9-5-1-3-7-8(9)4-2-6-10(7)18(14,15)16;6-3(5(9)10)1-2-4(7)8;/h1-6H,(H,11,12,13)(H,14,15,16);3H,1-2,6H2,(H,7,8)(H,9,10);1H. The summed E-state index contributed by atoms with van der Waals surface area (Å²) in [5, 5.41) is 16.3. The summed E-state index contributed by atoms with van der Waals surface area (Å²) in [6.45, 7) is 0. The van der Waals surface area contributed by atoms with Crippen LogP contribution in [0.15, 0.2) is 46.2 Å². The first-order valence-corrected chi connectivity index (χ1v) is 10.3. The van der Waals surface area contributed by atoms with Crippen molar-refractivity contribution in [3.8, 4) is 0 Å². The molecule has 1 atom stereocenters. The number of carboxylic acid groups (broad SMARTS) is 2. The van der Waals surface area contributed by atoms with Crippen molar-refractivity contribution >= 4 is 55.4 Å². The Morgan fingerprint density at radius 3 is 1.52 bits per heavy atom. The molecule has 0 saturated heterocycles. The van der Waals surface area contributed by atoms with Crippen molar-refractivity contribution in [1.29, 1.82) is 0 Å². The van der Waals surface area contributed by atoms with E-state index in [2.05, 4.69) is 0 Å². The first-order valence-electron chi connectivity index (χ1n) is 7.42. The van der Waals surface area contributed by atoms with E-state index in [4.69, 9.17) is 25.1 Å². The molecule has 0 bridgehead atoms. The maximum absolute atomic E-state index is 11.2. The molecule has 0 fully saturated rings. The molecule has 0 heterocycles. The fraction of sp³-hybridized carbons (Fsp3) is 0.200. The predicted octanol–water partition coefficient (Wildman–Crippen LogP) is 1.02. The summed E-state index contributed by atoms with van der Waals surface area (Å²) >= 11 is 0. The molecule has 0 aliphatic heterocycles. The Hall–Kier alpha value is -2.29. The van der Waals surface area contributed by atoms with Gasteiger partial charge in [-0.25, -0.2) is 0 Å². The number of hydrogen-bond acceptors (Lipinski definition) is 7. The third-order valence-electron chi connectivity index (χ3n) is 3.38. The van der Waals surface area contributed by atoms with Crippen molar-refractivity contribution in [3.63, 3.8) is 0 Å². The molecule has 162 valence electrons. The second-order valence-corrected chi connectivity index (χ2v) is 8.21. The van der Waals surface area contributed by atoms with Crippen molar-refractivity contribution in [2.75, 3.05) is 0 Å². The van der Waals surface area contributed by atoms with E-state index >= 15 is 0 Å². The number of rotatable bonds is 6. The number of halogens is 1. The highest BCUT2D eigenvalue weighted by Crippen LogP contribution is 2.27. The zero-order chi connectivity index (χ0) is 21.7. The molecule has 2 aromatic rings. The zero-order valence-corrected chi connectivity index (χ0v) is 16.9. The fourth-order valence-corrected chi connectivity index (χ4v) is 3.52. The lowest BCUT2D eigenvalue weighted by Crippen LogP contribution is -2.30. The van der Waals surface area contributed by atoms with Crippen LogP contribution in [0.1, 0.15) is 12.8 Å². The maximum Gasteiger partial charge on any atom is 0.320 e. The van der Waals surface area contributed by atoms with Crippen molar-refractivity contribution in [1.82, 2.24) is 0 Å². The number of fused-ring (bicyclic) bond motifs is 1. The summed E-state index contributed by atoms with van der Waals surface area (Å²) in [4.78, 5) is 19.0. The van der Waals surface area contributed by atoms with Crippen LogP contribution >= 0.6 is 12.4 Å². The number of nitrogens with two attached hydrogens (primary N) is 1. The van der Waals surface area contributed by atoms with Gasteiger partial charge in [-0.05, 0) is 18.6 Å². The fourth-order valence-electron chi connectivity index (χ4n) is 2.10. The predicted molar refractivity (Wildman–Crippen MR) is 103 cm³/mol. The minimum absolute atomic E-state index is 0. The third-order valence-corrected chi connectivity index (χ3v) is 5.21. The van der Waals surface area contributed by atoms with E-state index in [1.807, 2.05) is 0 Å². The molecule has 6 N–H and O–H groups in total. The molecule has 1 unspecified atom stereocenters. The average molecular weight is 472 g/mol. The number of hydrogen-bond donors (Lipinski definition) is 5. The Balaban J connectivity index is 0.000000616. The molecule has 0 aliphatic carbocycles. The second kappa shape index (κ2) is 10.5. The van der Waals surface area contributed by atoms with E-state index in [9.17, 15) is 26.4 Å². The third kappa shape index (κ3) is 7.92. The lowest BCUT2D eigenvalue weighted by molar-refractivity contribution is -0.139. The Kier molecular flexibility index (Phi) is 9.65. The summed E-state index contributed by atoms with van der Waals surface area (Å²) in [6, 6.07) is 6.47. The van der Waals surface area contributed by atoms with Gasteiger partial charge in [-0.3, -0.25) is 18.7 Å². The molecule has 14 heteroatoms. The molecule has 29 heavy (non-hydrogen) atoms. The highest BCUT2D eigenvalue weighted by atomic mass is 35.5. The Morgan fingerprint density at radius 1 is 0.862 bits per heavy atom. The molecule has 11 nitrogen and oxygen atoms in total. The summed E-state index contributed by atoms with van der Waals surface area (Å²) in [6.07, 6.45) is -0.224. The van der Waals surface area contributed by atoms with Crippen LogP contribution < -0.4 is 5.73 Å². The van der Waals surface area contributed by atoms with Crippen molar-refractivity contribution in [2.45, 2.75) is 28.7 Å². The Labute approximate surface area is 172 Å². The first-order chi connectivity index (χ1) is 12.7. The molecule has 0 spiro atoms. The normalized spacial score (nSPS) is 12.2. The minimum Gasteiger partial charge on any atom is -0.481 e. The van der Waals surface area contributed by atoms with E-state index in [-0.39, 0.29) is 36.0 Å². The summed E-state index contributed by atoms with van der Waals surface area (Å²) in [5.41, 5.74) is 5.00. The monoisotopic (exact) mass is 471 g/mol. The van der Waals surface area contributed by atoms with E-state index in [1.54, 1.807) is 0 Å². The molecular formula is C15H18ClNO10S2. The highest BCUT2D eigenvalue weighted by molar-refractivity contribution is 7.86. The van der Waals surface area contributed by atoms with Crippen LogP contribution in [-0.2, 0) is 29.8 Å². The molecule has 2 aromatic carbocycles. The minimum atomic E-state index is -4.47. The lowest BCUT2D eigenvalue weighted by atomic mass is 10.1. The smallest absolute Gasteiger partial charge is 0.320 e. The summed E-state index contributed by atoms with van der Waals surface area (Å²) in [7, 11) is -8.94. The van der Waals surface area contributed by atoms with Gasteiger partial charge in [-0.15, -0.1) is 12.4 Å². The van der Waals surface area contributed by atoms with Crippen LogP contribution in [-0.4, -0.2) is 54.1 Å². The molecule has 0 radical (unpaired) electrons.